The zero-order chi connectivity index (χ0) is 22.9. The Kier molecular flexibility index (Phi) is 5.30. The van der Waals surface area contributed by atoms with Gasteiger partial charge in [-0.3, -0.25) is 14.6 Å². The molecule has 2 N–H and O–H groups in total. The highest BCUT2D eigenvalue weighted by Crippen LogP contribution is 2.41. The van der Waals surface area contributed by atoms with E-state index in [0.717, 1.165) is 29.7 Å². The number of aryl methyl sites for hydroxylation is 1. The van der Waals surface area contributed by atoms with Gasteiger partial charge in [0, 0.05) is 24.5 Å². The first-order chi connectivity index (χ1) is 16.0. The third-order valence-corrected chi connectivity index (χ3v) is 6.01. The van der Waals surface area contributed by atoms with E-state index >= 15 is 0 Å². The van der Waals surface area contributed by atoms with Crippen molar-refractivity contribution in [2.75, 3.05) is 6.61 Å². The first-order valence-electron chi connectivity index (χ1n) is 10.8. The van der Waals surface area contributed by atoms with Gasteiger partial charge in [0.15, 0.2) is 0 Å². The number of phenolic OH excluding ortho intramolecular Hbond substituents is 1. The summed E-state index contributed by atoms with van der Waals surface area (Å²) in [6.45, 7) is 0.804. The summed E-state index contributed by atoms with van der Waals surface area (Å²) in [5.41, 5.74) is 2.72. The molecule has 166 valence electrons. The molecule has 0 radical (unpaired) electrons. The van der Waals surface area contributed by atoms with Gasteiger partial charge in [-0.2, -0.15) is 0 Å². The van der Waals surface area contributed by atoms with Gasteiger partial charge in [0.05, 0.1) is 18.2 Å². The summed E-state index contributed by atoms with van der Waals surface area (Å²) in [5.74, 6) is -0.937. The molecule has 2 aliphatic heterocycles. The summed E-state index contributed by atoms with van der Waals surface area (Å²) >= 11 is 0. The number of rotatable bonds is 4. The Balaban J connectivity index is 1.64. The number of amides is 1. The molecular weight excluding hydrogens is 420 g/mol. The molecule has 0 bridgehead atoms. The van der Waals surface area contributed by atoms with E-state index in [4.69, 9.17) is 4.74 Å². The zero-order valence-electron chi connectivity index (χ0n) is 17.8. The molecule has 7 heteroatoms. The van der Waals surface area contributed by atoms with Crippen LogP contribution in [0.15, 0.2) is 72.6 Å². The van der Waals surface area contributed by atoms with E-state index in [1.165, 1.54) is 17.0 Å². The Morgan fingerprint density at radius 2 is 1.91 bits per heavy atom. The van der Waals surface area contributed by atoms with Crippen LogP contribution in [-0.2, 0) is 22.6 Å². The minimum atomic E-state index is -0.849. The number of hydrogen-bond acceptors (Lipinski definition) is 6. The SMILES string of the molecule is O=C1C(=O)N(Cc2ccncc2)C(c2cccc(O)c2)/C1=C(/O)c1ccc2c(c1)CCCO2. The summed E-state index contributed by atoms with van der Waals surface area (Å²) < 4.78 is 5.65. The van der Waals surface area contributed by atoms with Crippen molar-refractivity contribution in [2.24, 2.45) is 0 Å². The topological polar surface area (TPSA) is 100.0 Å². The number of pyridine rings is 1. The number of aliphatic hydroxyl groups is 1. The van der Waals surface area contributed by atoms with E-state index in [9.17, 15) is 19.8 Å². The average Bonchev–Trinajstić information content (AvgIpc) is 3.09. The van der Waals surface area contributed by atoms with Gasteiger partial charge in [-0.25, -0.2) is 0 Å². The van der Waals surface area contributed by atoms with E-state index in [1.807, 2.05) is 0 Å². The van der Waals surface area contributed by atoms with Crippen LogP contribution in [0.4, 0.5) is 0 Å². The van der Waals surface area contributed by atoms with Crippen molar-refractivity contribution in [3.63, 3.8) is 0 Å². The van der Waals surface area contributed by atoms with Gasteiger partial charge in [0.2, 0.25) is 0 Å². The lowest BCUT2D eigenvalue weighted by Crippen LogP contribution is -2.29. The van der Waals surface area contributed by atoms with Crippen molar-refractivity contribution in [3.8, 4) is 11.5 Å². The largest absolute Gasteiger partial charge is 0.508 e. The van der Waals surface area contributed by atoms with Crippen LogP contribution in [0.2, 0.25) is 0 Å². The predicted molar refractivity (Wildman–Crippen MR) is 120 cm³/mol. The lowest BCUT2D eigenvalue weighted by atomic mass is 9.93. The second-order valence-electron chi connectivity index (χ2n) is 8.15. The molecule has 0 spiro atoms. The Bertz CT molecular complexity index is 1270. The molecule has 5 rings (SSSR count). The quantitative estimate of drug-likeness (QED) is 0.363. The van der Waals surface area contributed by atoms with E-state index in [0.29, 0.717) is 17.7 Å². The maximum Gasteiger partial charge on any atom is 0.295 e. The number of ether oxygens (including phenoxy) is 1. The average molecular weight is 442 g/mol. The molecule has 1 amide bonds. The van der Waals surface area contributed by atoms with Gasteiger partial charge in [-0.05, 0) is 72.0 Å². The van der Waals surface area contributed by atoms with Crippen LogP contribution in [0.3, 0.4) is 0 Å². The van der Waals surface area contributed by atoms with E-state index in [-0.39, 0.29) is 23.6 Å². The van der Waals surface area contributed by atoms with Crippen LogP contribution >= 0.6 is 0 Å². The summed E-state index contributed by atoms with van der Waals surface area (Å²) in [7, 11) is 0. The van der Waals surface area contributed by atoms with Crippen LogP contribution in [0.1, 0.15) is 34.7 Å². The molecule has 1 aromatic heterocycles. The number of hydrogen-bond donors (Lipinski definition) is 2. The third kappa shape index (κ3) is 3.82. The molecule has 2 aromatic carbocycles. The van der Waals surface area contributed by atoms with Gasteiger partial charge >= 0.3 is 0 Å². The highest BCUT2D eigenvalue weighted by atomic mass is 16.5. The lowest BCUT2D eigenvalue weighted by Gasteiger charge is -2.25. The summed E-state index contributed by atoms with van der Waals surface area (Å²) in [4.78, 5) is 31.7. The number of aromatic hydroxyl groups is 1. The fraction of sp³-hybridized carbons (Fsp3) is 0.192. The van der Waals surface area contributed by atoms with Crippen molar-refractivity contribution in [1.82, 2.24) is 9.88 Å². The number of likely N-dealkylation sites (tertiary alicyclic amines) is 1. The number of benzene rings is 2. The van der Waals surface area contributed by atoms with Crippen LogP contribution in [0.25, 0.3) is 5.76 Å². The molecule has 2 aliphatic rings. The number of carbonyl (C=O) groups is 2. The molecule has 0 saturated carbocycles. The van der Waals surface area contributed by atoms with Crippen LogP contribution < -0.4 is 4.74 Å². The van der Waals surface area contributed by atoms with Crippen LogP contribution in [0.5, 0.6) is 11.5 Å². The summed E-state index contributed by atoms with van der Waals surface area (Å²) in [5, 5.41) is 21.3. The van der Waals surface area contributed by atoms with E-state index in [1.54, 1.807) is 54.9 Å². The molecular formula is C26H22N2O5. The molecule has 3 heterocycles. The highest BCUT2D eigenvalue weighted by Gasteiger charge is 2.46. The van der Waals surface area contributed by atoms with Gasteiger partial charge < -0.3 is 19.8 Å². The van der Waals surface area contributed by atoms with Crippen molar-refractivity contribution >= 4 is 17.4 Å². The van der Waals surface area contributed by atoms with Crippen molar-refractivity contribution in [1.29, 1.82) is 0 Å². The van der Waals surface area contributed by atoms with Crippen LogP contribution in [0, 0.1) is 0 Å². The zero-order valence-corrected chi connectivity index (χ0v) is 17.8. The highest BCUT2D eigenvalue weighted by molar-refractivity contribution is 6.46. The van der Waals surface area contributed by atoms with Gasteiger partial charge in [0.1, 0.15) is 17.3 Å². The number of Topliss-reactive ketones (excluding diaryl/α,β-unsaturated/α-hetero) is 1. The summed E-state index contributed by atoms with van der Waals surface area (Å²) in [6.07, 6.45) is 4.91. The van der Waals surface area contributed by atoms with Gasteiger partial charge in [-0.1, -0.05) is 12.1 Å². The molecule has 3 aromatic rings. The van der Waals surface area contributed by atoms with Gasteiger partial charge in [-0.15, -0.1) is 0 Å². The van der Waals surface area contributed by atoms with E-state index < -0.39 is 17.7 Å². The second kappa shape index (κ2) is 8.43. The van der Waals surface area contributed by atoms with Crippen molar-refractivity contribution in [3.05, 3.63) is 94.8 Å². The molecule has 7 nitrogen and oxygen atoms in total. The first kappa shape index (κ1) is 20.8. The fourth-order valence-corrected chi connectivity index (χ4v) is 4.43. The third-order valence-electron chi connectivity index (χ3n) is 6.01. The molecule has 1 unspecified atom stereocenters. The van der Waals surface area contributed by atoms with Crippen molar-refractivity contribution < 1.29 is 24.5 Å². The van der Waals surface area contributed by atoms with Crippen LogP contribution in [-0.4, -0.2) is 38.4 Å². The Morgan fingerprint density at radius 3 is 2.70 bits per heavy atom. The predicted octanol–water partition coefficient (Wildman–Crippen LogP) is 3.73. The first-order valence-corrected chi connectivity index (χ1v) is 10.8. The lowest BCUT2D eigenvalue weighted by molar-refractivity contribution is -0.140. The monoisotopic (exact) mass is 442 g/mol. The maximum absolute atomic E-state index is 13.2. The molecule has 33 heavy (non-hydrogen) atoms. The van der Waals surface area contributed by atoms with Gasteiger partial charge in [0.25, 0.3) is 11.7 Å². The molecule has 1 atom stereocenters. The number of fused-ring (bicyclic) bond motifs is 1. The Hall–Kier alpha value is -4.13. The number of phenols is 1. The minimum Gasteiger partial charge on any atom is -0.508 e. The molecule has 1 saturated heterocycles. The number of nitrogens with zero attached hydrogens (tertiary/aromatic N) is 2. The van der Waals surface area contributed by atoms with Crippen molar-refractivity contribution in [2.45, 2.75) is 25.4 Å². The number of aliphatic hydroxyl groups excluding tert-OH is 1. The number of carbonyl (C=O) groups excluding carboxylic acids is 2. The molecule has 1 fully saturated rings. The Labute approximate surface area is 190 Å². The Morgan fingerprint density at radius 1 is 1.09 bits per heavy atom. The van der Waals surface area contributed by atoms with E-state index in [2.05, 4.69) is 4.98 Å². The smallest absolute Gasteiger partial charge is 0.295 e. The minimum absolute atomic E-state index is 0.00339. The fourth-order valence-electron chi connectivity index (χ4n) is 4.43. The molecule has 0 aliphatic carbocycles. The number of ketones is 1. The standard InChI is InChI=1S/C26H22N2O5/c29-20-5-1-3-18(14-20)23-22(24(30)19-6-7-21-17(13-19)4-2-12-33-21)25(31)26(32)28(23)15-16-8-10-27-11-9-16/h1,3,5-11,13-14,23,29-30H,2,4,12,15H2/b24-22-. The second-order valence-corrected chi connectivity index (χ2v) is 8.15. The maximum atomic E-state index is 13.2. The number of aromatic nitrogens is 1. The summed E-state index contributed by atoms with van der Waals surface area (Å²) in [6, 6.07) is 14.3. The normalized spacial score (nSPS) is 19.3.